The summed E-state index contributed by atoms with van der Waals surface area (Å²) < 4.78 is 7.27. The number of nitrogens with zero attached hydrogens (tertiary/aromatic N) is 3. The first-order valence-electron chi connectivity index (χ1n) is 8.47. The van der Waals surface area contributed by atoms with Crippen LogP contribution in [0.1, 0.15) is 25.0 Å². The molecule has 0 aliphatic rings. The van der Waals surface area contributed by atoms with E-state index in [-0.39, 0.29) is 0 Å². The summed E-state index contributed by atoms with van der Waals surface area (Å²) in [5.74, 6) is 0.799. The maximum atomic E-state index is 5.33. The Bertz CT molecular complexity index is 609. The maximum absolute atomic E-state index is 5.33. The first-order valence-corrected chi connectivity index (χ1v) is 8.47. The molecule has 0 atom stereocenters. The third-order valence-electron chi connectivity index (χ3n) is 3.38. The Morgan fingerprint density at radius 3 is 2.75 bits per heavy atom. The van der Waals surface area contributed by atoms with Gasteiger partial charge in [0.1, 0.15) is 0 Å². The van der Waals surface area contributed by atoms with Crippen molar-refractivity contribution in [3.8, 4) is 0 Å². The van der Waals surface area contributed by atoms with E-state index in [1.54, 1.807) is 0 Å². The van der Waals surface area contributed by atoms with Crippen LogP contribution in [0.15, 0.2) is 47.7 Å². The molecule has 24 heavy (non-hydrogen) atoms. The smallest absolute Gasteiger partial charge is 0.191 e. The first-order chi connectivity index (χ1) is 11.8. The molecule has 2 rings (SSSR count). The molecule has 0 saturated carbocycles. The van der Waals surface area contributed by atoms with E-state index in [1.165, 1.54) is 5.56 Å². The van der Waals surface area contributed by atoms with Crippen molar-refractivity contribution in [1.82, 2.24) is 20.4 Å². The second kappa shape index (κ2) is 10.4. The van der Waals surface area contributed by atoms with Gasteiger partial charge < -0.3 is 15.4 Å². The van der Waals surface area contributed by atoms with E-state index in [9.17, 15) is 0 Å². The zero-order chi connectivity index (χ0) is 17.0. The van der Waals surface area contributed by atoms with Crippen LogP contribution < -0.4 is 10.6 Å². The fourth-order valence-corrected chi connectivity index (χ4v) is 2.24. The average Bonchev–Trinajstić information content (AvgIpc) is 3.05. The maximum Gasteiger partial charge on any atom is 0.191 e. The summed E-state index contributed by atoms with van der Waals surface area (Å²) in [6.07, 6.45) is 3.91. The molecule has 0 fully saturated rings. The lowest BCUT2D eigenvalue weighted by atomic mass is 10.2. The number of aromatic nitrogens is 2. The Morgan fingerprint density at radius 1 is 1.17 bits per heavy atom. The number of nitrogens with one attached hydrogen (secondary N) is 2. The number of aliphatic imine (C=N–C) groups is 1. The van der Waals surface area contributed by atoms with Gasteiger partial charge in [0.15, 0.2) is 5.96 Å². The van der Waals surface area contributed by atoms with Crippen LogP contribution in [0.4, 0.5) is 0 Å². The lowest BCUT2D eigenvalue weighted by Crippen LogP contribution is -2.38. The third kappa shape index (κ3) is 6.42. The normalized spacial score (nSPS) is 11.5. The molecule has 1 aromatic carbocycles. The summed E-state index contributed by atoms with van der Waals surface area (Å²) >= 11 is 0. The molecule has 0 amide bonds. The van der Waals surface area contributed by atoms with Gasteiger partial charge in [-0.05, 0) is 19.4 Å². The molecule has 6 heteroatoms. The number of benzene rings is 1. The second-order valence-corrected chi connectivity index (χ2v) is 5.35. The van der Waals surface area contributed by atoms with Gasteiger partial charge in [0.2, 0.25) is 0 Å². The van der Waals surface area contributed by atoms with Gasteiger partial charge in [-0.25, -0.2) is 4.99 Å². The predicted molar refractivity (Wildman–Crippen MR) is 97.1 cm³/mol. The molecule has 0 aliphatic heterocycles. The van der Waals surface area contributed by atoms with Crippen LogP contribution in [0.3, 0.4) is 0 Å². The summed E-state index contributed by atoms with van der Waals surface area (Å²) in [7, 11) is 0. The van der Waals surface area contributed by atoms with Crippen LogP contribution in [0.25, 0.3) is 0 Å². The SMILES string of the molecule is CCNC(=NCc1cnn(Cc2ccccc2)c1)NCCOCC. The van der Waals surface area contributed by atoms with E-state index in [0.29, 0.717) is 13.2 Å². The monoisotopic (exact) mass is 329 g/mol. The van der Waals surface area contributed by atoms with Gasteiger partial charge in [0.05, 0.1) is 25.9 Å². The number of hydrogen-bond acceptors (Lipinski definition) is 3. The lowest BCUT2D eigenvalue weighted by Gasteiger charge is -2.10. The highest BCUT2D eigenvalue weighted by Gasteiger charge is 2.01. The van der Waals surface area contributed by atoms with Crippen LogP contribution in [-0.4, -0.2) is 42.0 Å². The molecule has 2 N–H and O–H groups in total. The van der Waals surface area contributed by atoms with Crippen molar-refractivity contribution in [2.75, 3.05) is 26.3 Å². The zero-order valence-corrected chi connectivity index (χ0v) is 14.5. The van der Waals surface area contributed by atoms with Gasteiger partial charge in [-0.1, -0.05) is 30.3 Å². The molecule has 0 spiro atoms. The molecule has 2 aromatic rings. The van der Waals surface area contributed by atoms with Crippen molar-refractivity contribution >= 4 is 5.96 Å². The van der Waals surface area contributed by atoms with E-state index in [2.05, 4.69) is 39.8 Å². The van der Waals surface area contributed by atoms with Gasteiger partial charge >= 0.3 is 0 Å². The molecule has 0 aliphatic carbocycles. The molecule has 0 unspecified atom stereocenters. The van der Waals surface area contributed by atoms with Crippen molar-refractivity contribution in [3.63, 3.8) is 0 Å². The van der Waals surface area contributed by atoms with Gasteiger partial charge in [-0.15, -0.1) is 0 Å². The average molecular weight is 329 g/mol. The summed E-state index contributed by atoms with van der Waals surface area (Å²) in [5, 5.41) is 10.9. The highest BCUT2D eigenvalue weighted by atomic mass is 16.5. The molecule has 1 aromatic heterocycles. The lowest BCUT2D eigenvalue weighted by molar-refractivity contribution is 0.152. The Hall–Kier alpha value is -2.34. The van der Waals surface area contributed by atoms with Crippen molar-refractivity contribution in [2.45, 2.75) is 26.9 Å². The van der Waals surface area contributed by atoms with Gasteiger partial charge in [0, 0.05) is 31.5 Å². The molecular formula is C18H27N5O. The fraction of sp³-hybridized carbons (Fsp3) is 0.444. The highest BCUT2D eigenvalue weighted by Crippen LogP contribution is 2.05. The Balaban J connectivity index is 1.86. The van der Waals surface area contributed by atoms with E-state index >= 15 is 0 Å². The topological polar surface area (TPSA) is 63.5 Å². The molecular weight excluding hydrogens is 302 g/mol. The molecule has 6 nitrogen and oxygen atoms in total. The highest BCUT2D eigenvalue weighted by molar-refractivity contribution is 5.79. The minimum Gasteiger partial charge on any atom is -0.380 e. The number of guanidine groups is 1. The zero-order valence-electron chi connectivity index (χ0n) is 14.5. The standard InChI is InChI=1S/C18H27N5O/c1-3-19-18(20-10-11-24-4-2)21-12-17-13-22-23(15-17)14-16-8-6-5-7-9-16/h5-9,13,15H,3-4,10-12,14H2,1-2H3,(H2,19,20,21). The van der Waals surface area contributed by atoms with Crippen LogP contribution in [0.5, 0.6) is 0 Å². The van der Waals surface area contributed by atoms with E-state index < -0.39 is 0 Å². The molecule has 0 bridgehead atoms. The first kappa shape index (κ1) is 18.0. The van der Waals surface area contributed by atoms with Crippen LogP contribution >= 0.6 is 0 Å². The summed E-state index contributed by atoms with van der Waals surface area (Å²) in [5.41, 5.74) is 2.33. The summed E-state index contributed by atoms with van der Waals surface area (Å²) in [6, 6.07) is 10.3. The van der Waals surface area contributed by atoms with Gasteiger partial charge in [0.25, 0.3) is 0 Å². The fourth-order valence-electron chi connectivity index (χ4n) is 2.24. The molecule has 0 saturated heterocycles. The predicted octanol–water partition coefficient (Wildman–Crippen LogP) is 2.02. The van der Waals surface area contributed by atoms with Crippen LogP contribution in [0, 0.1) is 0 Å². The second-order valence-electron chi connectivity index (χ2n) is 5.35. The summed E-state index contributed by atoms with van der Waals surface area (Å²) in [6.45, 7) is 8.40. The van der Waals surface area contributed by atoms with Crippen molar-refractivity contribution in [2.24, 2.45) is 4.99 Å². The Morgan fingerprint density at radius 2 is 2.00 bits per heavy atom. The Labute approximate surface area is 143 Å². The molecule has 130 valence electrons. The quantitative estimate of drug-likeness (QED) is 0.420. The number of hydrogen-bond donors (Lipinski definition) is 2. The molecule has 0 radical (unpaired) electrons. The number of rotatable bonds is 9. The third-order valence-corrected chi connectivity index (χ3v) is 3.38. The van der Waals surface area contributed by atoms with E-state index in [0.717, 1.165) is 37.8 Å². The van der Waals surface area contributed by atoms with Crippen molar-refractivity contribution in [3.05, 3.63) is 53.9 Å². The minimum atomic E-state index is 0.596. The van der Waals surface area contributed by atoms with E-state index in [4.69, 9.17) is 4.74 Å². The van der Waals surface area contributed by atoms with Gasteiger partial charge in [-0.3, -0.25) is 4.68 Å². The minimum absolute atomic E-state index is 0.596. The largest absolute Gasteiger partial charge is 0.380 e. The van der Waals surface area contributed by atoms with Crippen LogP contribution in [0.2, 0.25) is 0 Å². The van der Waals surface area contributed by atoms with E-state index in [1.807, 2.05) is 42.2 Å². The number of ether oxygens (including phenoxy) is 1. The summed E-state index contributed by atoms with van der Waals surface area (Å²) in [4.78, 5) is 4.59. The Kier molecular flexibility index (Phi) is 7.83. The molecule has 1 heterocycles. The van der Waals surface area contributed by atoms with Crippen molar-refractivity contribution in [1.29, 1.82) is 0 Å². The van der Waals surface area contributed by atoms with Crippen molar-refractivity contribution < 1.29 is 4.74 Å². The van der Waals surface area contributed by atoms with Crippen LogP contribution in [-0.2, 0) is 17.8 Å². The van der Waals surface area contributed by atoms with Gasteiger partial charge in [-0.2, -0.15) is 5.10 Å².